The number of halogens is 1. The quantitative estimate of drug-likeness (QED) is 0.836. The monoisotopic (exact) mass is 270 g/mol. The molecule has 0 aromatic heterocycles. The lowest BCUT2D eigenvalue weighted by Crippen LogP contribution is -2.26. The van der Waals surface area contributed by atoms with Crippen molar-refractivity contribution in [1.29, 1.82) is 0 Å². The lowest BCUT2D eigenvalue weighted by Gasteiger charge is -2.25. The Morgan fingerprint density at radius 3 is 2.50 bits per heavy atom. The molecule has 18 heavy (non-hydrogen) atoms. The molecule has 0 saturated carbocycles. The lowest BCUT2D eigenvalue weighted by molar-refractivity contribution is -0.149. The van der Waals surface area contributed by atoms with Gasteiger partial charge in [-0.15, -0.1) is 0 Å². The molecule has 0 atom stereocenters. The van der Waals surface area contributed by atoms with Crippen molar-refractivity contribution in [2.45, 2.75) is 25.7 Å². The highest BCUT2D eigenvalue weighted by atomic mass is 35.5. The molecule has 0 bridgehead atoms. The summed E-state index contributed by atoms with van der Waals surface area (Å²) in [6.45, 7) is 3.54. The van der Waals surface area contributed by atoms with E-state index in [-0.39, 0.29) is 6.42 Å². The van der Waals surface area contributed by atoms with E-state index in [1.165, 1.54) is 7.11 Å². The summed E-state index contributed by atoms with van der Waals surface area (Å²) in [7, 11) is 1.50. The molecule has 1 aromatic rings. The highest BCUT2D eigenvalue weighted by Gasteiger charge is 2.30. The number of rotatable bonds is 5. The van der Waals surface area contributed by atoms with Crippen LogP contribution in [0.15, 0.2) is 18.2 Å². The molecule has 5 heteroatoms. The molecule has 1 aromatic carbocycles. The first-order chi connectivity index (χ1) is 8.29. The average molecular weight is 271 g/mol. The summed E-state index contributed by atoms with van der Waals surface area (Å²) in [6.07, 6.45) is -0.116. The van der Waals surface area contributed by atoms with Crippen LogP contribution in [0.3, 0.4) is 0 Å². The number of ketones is 1. The van der Waals surface area contributed by atoms with Gasteiger partial charge in [0, 0.05) is 6.42 Å². The predicted molar refractivity (Wildman–Crippen MR) is 68.3 cm³/mol. The molecule has 0 saturated heterocycles. The summed E-state index contributed by atoms with van der Waals surface area (Å²) in [6, 6.07) is 5.23. The number of carboxylic acid groups (broad SMARTS) is 1. The van der Waals surface area contributed by atoms with Crippen molar-refractivity contribution < 1.29 is 19.4 Å². The lowest BCUT2D eigenvalue weighted by atomic mass is 9.80. The van der Waals surface area contributed by atoms with Gasteiger partial charge >= 0.3 is 5.97 Å². The fourth-order valence-corrected chi connectivity index (χ4v) is 2.22. The number of carboxylic acids is 1. The minimum absolute atomic E-state index is 0.116. The van der Waals surface area contributed by atoms with Gasteiger partial charge in [-0.25, -0.2) is 4.79 Å². The molecule has 1 N–H and O–H groups in total. The van der Waals surface area contributed by atoms with E-state index >= 15 is 0 Å². The molecule has 0 aliphatic rings. The summed E-state index contributed by atoms with van der Waals surface area (Å²) in [5.41, 5.74) is 0.0271. The summed E-state index contributed by atoms with van der Waals surface area (Å²) >= 11 is 6.17. The first-order valence-electron chi connectivity index (χ1n) is 5.38. The van der Waals surface area contributed by atoms with Crippen LogP contribution in [-0.4, -0.2) is 24.0 Å². The van der Waals surface area contributed by atoms with Gasteiger partial charge in [0.15, 0.2) is 0 Å². The molecular weight excluding hydrogens is 256 g/mol. The second kappa shape index (κ2) is 5.40. The van der Waals surface area contributed by atoms with E-state index in [9.17, 15) is 9.59 Å². The summed E-state index contributed by atoms with van der Waals surface area (Å²) in [4.78, 5) is 21.9. The molecule has 0 spiro atoms. The highest BCUT2D eigenvalue weighted by Crippen LogP contribution is 2.37. The maximum atomic E-state index is 11.3. The zero-order valence-corrected chi connectivity index (χ0v) is 11.2. The Kier molecular flexibility index (Phi) is 4.35. The third-order valence-corrected chi connectivity index (χ3v) is 3.14. The average Bonchev–Trinajstić information content (AvgIpc) is 2.28. The van der Waals surface area contributed by atoms with Gasteiger partial charge in [-0.3, -0.25) is 4.79 Å². The van der Waals surface area contributed by atoms with Crippen LogP contribution in [0.4, 0.5) is 0 Å². The Bertz CT molecular complexity index is 480. The molecule has 0 heterocycles. The van der Waals surface area contributed by atoms with E-state index < -0.39 is 17.2 Å². The fraction of sp³-hybridized carbons (Fsp3) is 0.385. The standard InChI is InChI=1S/C13H15ClO4/c1-13(2,7-9(15)12(16)17)8-5-4-6-10(18-3)11(8)14/h4-6H,7H2,1-3H3,(H,16,17). The van der Waals surface area contributed by atoms with Crippen LogP contribution in [0.25, 0.3) is 0 Å². The van der Waals surface area contributed by atoms with Gasteiger partial charge < -0.3 is 9.84 Å². The van der Waals surface area contributed by atoms with Gasteiger partial charge in [-0.1, -0.05) is 37.6 Å². The minimum Gasteiger partial charge on any atom is -0.495 e. The minimum atomic E-state index is -1.43. The van der Waals surface area contributed by atoms with Crippen molar-refractivity contribution in [3.05, 3.63) is 28.8 Å². The predicted octanol–water partition coefficient (Wildman–Crippen LogP) is 2.67. The van der Waals surface area contributed by atoms with Gasteiger partial charge in [0.1, 0.15) is 5.75 Å². The summed E-state index contributed by atoms with van der Waals surface area (Å²) in [5.74, 6) is -1.76. The molecule has 0 unspecified atom stereocenters. The number of benzene rings is 1. The number of aliphatic carboxylic acids is 1. The molecule has 98 valence electrons. The number of ether oxygens (including phenoxy) is 1. The smallest absolute Gasteiger partial charge is 0.372 e. The Morgan fingerprint density at radius 2 is 2.00 bits per heavy atom. The van der Waals surface area contributed by atoms with Crippen molar-refractivity contribution in [3.63, 3.8) is 0 Å². The first kappa shape index (κ1) is 14.5. The topological polar surface area (TPSA) is 63.6 Å². The van der Waals surface area contributed by atoms with Gasteiger partial charge in [-0.2, -0.15) is 0 Å². The van der Waals surface area contributed by atoms with Crippen molar-refractivity contribution in [2.75, 3.05) is 7.11 Å². The normalized spacial score (nSPS) is 11.1. The van der Waals surface area contributed by atoms with Crippen molar-refractivity contribution in [2.24, 2.45) is 0 Å². The first-order valence-corrected chi connectivity index (χ1v) is 5.76. The molecule has 0 radical (unpaired) electrons. The van der Waals surface area contributed by atoms with Crippen LogP contribution < -0.4 is 4.74 Å². The maximum absolute atomic E-state index is 11.3. The fourth-order valence-electron chi connectivity index (χ4n) is 1.76. The van der Waals surface area contributed by atoms with Crippen molar-refractivity contribution in [1.82, 2.24) is 0 Å². The molecular formula is C13H15ClO4. The molecule has 1 rings (SSSR count). The van der Waals surface area contributed by atoms with Crippen LogP contribution in [-0.2, 0) is 15.0 Å². The molecule has 0 amide bonds. The van der Waals surface area contributed by atoms with Crippen LogP contribution in [0.1, 0.15) is 25.8 Å². The summed E-state index contributed by atoms with van der Waals surface area (Å²) < 4.78 is 5.10. The molecule has 0 aliphatic carbocycles. The van der Waals surface area contributed by atoms with E-state index in [0.717, 1.165) is 0 Å². The number of Topliss-reactive ketones (excluding diaryl/α,β-unsaturated/α-hetero) is 1. The second-order valence-corrected chi connectivity index (χ2v) is 4.99. The third-order valence-electron chi connectivity index (χ3n) is 2.75. The van der Waals surface area contributed by atoms with Crippen LogP contribution >= 0.6 is 11.6 Å². The van der Waals surface area contributed by atoms with Crippen LogP contribution in [0.5, 0.6) is 5.75 Å². The van der Waals surface area contributed by atoms with Crippen molar-refractivity contribution in [3.8, 4) is 5.75 Å². The van der Waals surface area contributed by atoms with E-state index in [0.29, 0.717) is 16.3 Å². The van der Waals surface area contributed by atoms with Crippen molar-refractivity contribution >= 4 is 23.4 Å². The zero-order chi connectivity index (χ0) is 13.9. The van der Waals surface area contributed by atoms with Gasteiger partial charge in [0.05, 0.1) is 12.1 Å². The van der Waals surface area contributed by atoms with E-state index in [1.54, 1.807) is 32.0 Å². The van der Waals surface area contributed by atoms with Crippen LogP contribution in [0.2, 0.25) is 5.02 Å². The van der Waals surface area contributed by atoms with Gasteiger partial charge in [0.25, 0.3) is 0 Å². The Hall–Kier alpha value is -1.55. The maximum Gasteiger partial charge on any atom is 0.372 e. The third kappa shape index (κ3) is 3.01. The number of methoxy groups -OCH3 is 1. The SMILES string of the molecule is COc1cccc(C(C)(C)CC(=O)C(=O)O)c1Cl. The Morgan fingerprint density at radius 1 is 1.39 bits per heavy atom. The molecule has 4 nitrogen and oxygen atoms in total. The number of carbonyl (C=O) groups is 2. The van der Waals surface area contributed by atoms with E-state index in [1.807, 2.05) is 0 Å². The molecule has 0 fully saturated rings. The second-order valence-electron chi connectivity index (χ2n) is 4.61. The summed E-state index contributed by atoms with van der Waals surface area (Å²) in [5, 5.41) is 9.06. The zero-order valence-electron chi connectivity index (χ0n) is 10.5. The van der Waals surface area contributed by atoms with Gasteiger partial charge in [0.2, 0.25) is 5.78 Å². The number of hydrogen-bond acceptors (Lipinski definition) is 3. The van der Waals surface area contributed by atoms with E-state index in [4.69, 9.17) is 21.4 Å². The Balaban J connectivity index is 3.12. The largest absolute Gasteiger partial charge is 0.495 e. The Labute approximate surface area is 111 Å². The van der Waals surface area contributed by atoms with Gasteiger partial charge in [-0.05, 0) is 17.0 Å². The highest BCUT2D eigenvalue weighted by molar-refractivity contribution is 6.34. The van der Waals surface area contributed by atoms with E-state index in [2.05, 4.69) is 0 Å². The number of carbonyl (C=O) groups excluding carboxylic acids is 1. The van der Waals surface area contributed by atoms with Crippen LogP contribution in [0, 0.1) is 0 Å². The number of hydrogen-bond donors (Lipinski definition) is 1. The molecule has 0 aliphatic heterocycles.